The monoisotopic (exact) mass is 284 g/mol. The molecule has 2 N–H and O–H groups in total. The van der Waals surface area contributed by atoms with Crippen LogP contribution in [0.2, 0.25) is 0 Å². The van der Waals surface area contributed by atoms with Crippen molar-refractivity contribution < 1.29 is 19.4 Å². The van der Waals surface area contributed by atoms with Gasteiger partial charge in [-0.05, 0) is 30.3 Å². The van der Waals surface area contributed by atoms with Crippen LogP contribution >= 0.6 is 0 Å². The van der Waals surface area contributed by atoms with Gasteiger partial charge in [0.15, 0.2) is 11.5 Å². The van der Waals surface area contributed by atoms with Crippen LogP contribution < -0.4 is 4.74 Å². The number of nitrogens with zero attached hydrogens (tertiary/aromatic N) is 2. The van der Waals surface area contributed by atoms with E-state index in [4.69, 9.17) is 9.15 Å². The molecule has 0 radical (unpaired) electrons. The minimum atomic E-state index is -0.246. The van der Waals surface area contributed by atoms with E-state index < -0.39 is 0 Å². The summed E-state index contributed by atoms with van der Waals surface area (Å²) in [7, 11) is 1.56. The minimum absolute atomic E-state index is 0.205. The van der Waals surface area contributed by atoms with Crippen LogP contribution in [0, 0.1) is 0 Å². The number of phenolic OH excluding ortho intramolecular Hbond substituents is 2. The number of benzene rings is 2. The van der Waals surface area contributed by atoms with E-state index in [9.17, 15) is 10.2 Å². The fourth-order valence-corrected chi connectivity index (χ4v) is 1.93. The van der Waals surface area contributed by atoms with Gasteiger partial charge in [0.2, 0.25) is 5.89 Å². The first-order valence-electron chi connectivity index (χ1n) is 6.18. The second-order valence-corrected chi connectivity index (χ2v) is 4.32. The molecule has 3 rings (SSSR count). The molecule has 3 aromatic rings. The summed E-state index contributed by atoms with van der Waals surface area (Å²) in [5.41, 5.74) is 1.20. The first kappa shape index (κ1) is 13.0. The van der Waals surface area contributed by atoms with Gasteiger partial charge < -0.3 is 19.4 Å². The van der Waals surface area contributed by atoms with Gasteiger partial charge in [-0.15, -0.1) is 10.2 Å². The Morgan fingerprint density at radius 2 is 1.71 bits per heavy atom. The fourth-order valence-electron chi connectivity index (χ4n) is 1.93. The van der Waals surface area contributed by atoms with Crippen LogP contribution in [-0.4, -0.2) is 27.5 Å². The SMILES string of the molecule is COc1ccccc1-c1nnc(-c2ccc(O)c(O)c2)o1. The summed E-state index contributed by atoms with van der Waals surface area (Å²) in [6.45, 7) is 0. The highest BCUT2D eigenvalue weighted by molar-refractivity contribution is 5.65. The van der Waals surface area contributed by atoms with Crippen LogP contribution in [0.1, 0.15) is 0 Å². The number of rotatable bonds is 3. The van der Waals surface area contributed by atoms with Gasteiger partial charge >= 0.3 is 0 Å². The third-order valence-corrected chi connectivity index (χ3v) is 2.98. The van der Waals surface area contributed by atoms with Gasteiger partial charge in [-0.25, -0.2) is 0 Å². The predicted octanol–water partition coefficient (Wildman–Crippen LogP) is 2.82. The maximum Gasteiger partial charge on any atom is 0.251 e. The number of hydrogen-bond donors (Lipinski definition) is 2. The van der Waals surface area contributed by atoms with Crippen LogP contribution in [0.3, 0.4) is 0 Å². The summed E-state index contributed by atoms with van der Waals surface area (Å²) in [6.07, 6.45) is 0. The summed E-state index contributed by atoms with van der Waals surface area (Å²) in [5.74, 6) is 0.732. The number of phenols is 2. The molecule has 0 fully saturated rings. The number of para-hydroxylation sites is 1. The van der Waals surface area contributed by atoms with E-state index >= 15 is 0 Å². The summed E-state index contributed by atoms with van der Waals surface area (Å²) in [4.78, 5) is 0. The highest BCUT2D eigenvalue weighted by Crippen LogP contribution is 2.33. The fraction of sp³-hybridized carbons (Fsp3) is 0.0667. The Bertz CT molecular complexity index is 783. The minimum Gasteiger partial charge on any atom is -0.504 e. The van der Waals surface area contributed by atoms with Crippen molar-refractivity contribution in [2.45, 2.75) is 0 Å². The standard InChI is InChI=1S/C15H12N2O4/c1-20-13-5-3-2-4-10(13)15-17-16-14(21-15)9-6-7-11(18)12(19)8-9/h2-8,18-19H,1H3. The van der Waals surface area contributed by atoms with Crippen molar-refractivity contribution in [1.82, 2.24) is 10.2 Å². The van der Waals surface area contributed by atoms with Crippen molar-refractivity contribution >= 4 is 0 Å². The maximum atomic E-state index is 9.51. The summed E-state index contributed by atoms with van der Waals surface area (Å²) < 4.78 is 10.8. The zero-order valence-corrected chi connectivity index (χ0v) is 11.1. The Kier molecular flexibility index (Phi) is 3.19. The smallest absolute Gasteiger partial charge is 0.251 e. The molecular weight excluding hydrogens is 272 g/mol. The lowest BCUT2D eigenvalue weighted by Crippen LogP contribution is -1.87. The van der Waals surface area contributed by atoms with E-state index in [1.807, 2.05) is 18.2 Å². The van der Waals surface area contributed by atoms with Crippen molar-refractivity contribution in [3.8, 4) is 40.2 Å². The Morgan fingerprint density at radius 1 is 0.952 bits per heavy atom. The lowest BCUT2D eigenvalue weighted by Gasteiger charge is -2.03. The Balaban J connectivity index is 2.01. The van der Waals surface area contributed by atoms with Gasteiger partial charge in [-0.3, -0.25) is 0 Å². The van der Waals surface area contributed by atoms with E-state index in [1.54, 1.807) is 19.2 Å². The molecule has 0 spiro atoms. The molecule has 0 aliphatic rings. The van der Waals surface area contributed by atoms with Crippen LogP contribution in [0.5, 0.6) is 17.2 Å². The molecule has 21 heavy (non-hydrogen) atoms. The predicted molar refractivity (Wildman–Crippen MR) is 75.1 cm³/mol. The number of methoxy groups -OCH3 is 1. The highest BCUT2D eigenvalue weighted by atomic mass is 16.5. The molecule has 0 atom stereocenters. The average molecular weight is 284 g/mol. The number of ether oxygens (including phenoxy) is 1. The Labute approximate surface area is 120 Å². The molecule has 0 aliphatic heterocycles. The number of hydrogen-bond acceptors (Lipinski definition) is 6. The van der Waals surface area contributed by atoms with E-state index in [1.165, 1.54) is 12.1 Å². The molecule has 0 unspecified atom stereocenters. The first-order valence-corrected chi connectivity index (χ1v) is 6.18. The van der Waals surface area contributed by atoms with Crippen LogP contribution in [0.25, 0.3) is 22.9 Å². The van der Waals surface area contributed by atoms with Crippen molar-refractivity contribution in [2.24, 2.45) is 0 Å². The third-order valence-electron chi connectivity index (χ3n) is 2.98. The zero-order chi connectivity index (χ0) is 14.8. The van der Waals surface area contributed by atoms with Crippen LogP contribution in [0.15, 0.2) is 46.9 Å². The molecule has 1 heterocycles. The van der Waals surface area contributed by atoms with Crippen molar-refractivity contribution in [1.29, 1.82) is 0 Å². The third kappa shape index (κ3) is 2.38. The molecular formula is C15H12N2O4. The van der Waals surface area contributed by atoms with E-state index in [0.29, 0.717) is 22.8 Å². The lowest BCUT2D eigenvalue weighted by atomic mass is 10.2. The molecule has 2 aromatic carbocycles. The molecule has 0 saturated carbocycles. The topological polar surface area (TPSA) is 88.6 Å². The van der Waals surface area contributed by atoms with Crippen molar-refractivity contribution in [2.75, 3.05) is 7.11 Å². The second kappa shape index (κ2) is 5.16. The normalized spacial score (nSPS) is 10.5. The molecule has 106 valence electrons. The van der Waals surface area contributed by atoms with Crippen molar-refractivity contribution in [3.63, 3.8) is 0 Å². The summed E-state index contributed by atoms with van der Waals surface area (Å²) >= 11 is 0. The Hall–Kier alpha value is -3.02. The van der Waals surface area contributed by atoms with Gasteiger partial charge in [-0.2, -0.15) is 0 Å². The van der Waals surface area contributed by atoms with Crippen molar-refractivity contribution in [3.05, 3.63) is 42.5 Å². The maximum absolute atomic E-state index is 9.51. The van der Waals surface area contributed by atoms with Crippen LogP contribution in [-0.2, 0) is 0 Å². The second-order valence-electron chi connectivity index (χ2n) is 4.32. The van der Waals surface area contributed by atoms with Gasteiger partial charge in [0.05, 0.1) is 12.7 Å². The lowest BCUT2D eigenvalue weighted by molar-refractivity contribution is 0.403. The first-order chi connectivity index (χ1) is 10.2. The molecule has 0 aliphatic carbocycles. The van der Waals surface area contributed by atoms with Gasteiger partial charge in [0.1, 0.15) is 5.75 Å². The van der Waals surface area contributed by atoms with Crippen LogP contribution in [0.4, 0.5) is 0 Å². The van der Waals surface area contributed by atoms with Gasteiger partial charge in [-0.1, -0.05) is 12.1 Å². The molecule has 6 heteroatoms. The molecule has 0 bridgehead atoms. The summed E-state index contributed by atoms with van der Waals surface area (Å²) in [5, 5.41) is 26.7. The van der Waals surface area contributed by atoms with E-state index in [2.05, 4.69) is 10.2 Å². The van der Waals surface area contributed by atoms with E-state index in [0.717, 1.165) is 0 Å². The molecule has 0 amide bonds. The zero-order valence-electron chi connectivity index (χ0n) is 11.1. The summed E-state index contributed by atoms with van der Waals surface area (Å²) in [6, 6.07) is 11.6. The Morgan fingerprint density at radius 3 is 2.48 bits per heavy atom. The molecule has 0 saturated heterocycles. The molecule has 6 nitrogen and oxygen atoms in total. The average Bonchev–Trinajstić information content (AvgIpc) is 2.99. The largest absolute Gasteiger partial charge is 0.504 e. The number of aromatic hydroxyl groups is 2. The van der Waals surface area contributed by atoms with Gasteiger partial charge in [0.25, 0.3) is 5.89 Å². The quantitative estimate of drug-likeness (QED) is 0.719. The van der Waals surface area contributed by atoms with Gasteiger partial charge in [0, 0.05) is 5.56 Å². The molecule has 1 aromatic heterocycles. The number of aromatic nitrogens is 2. The highest BCUT2D eigenvalue weighted by Gasteiger charge is 2.14. The van der Waals surface area contributed by atoms with E-state index in [-0.39, 0.29) is 17.4 Å².